The first kappa shape index (κ1) is 15.5. The van der Waals surface area contributed by atoms with Gasteiger partial charge in [-0.1, -0.05) is 0 Å². The number of ether oxygens (including phenoxy) is 1. The molecule has 2 saturated heterocycles. The van der Waals surface area contributed by atoms with Crippen LogP contribution in [-0.2, 0) is 4.74 Å². The number of carbonyl (C=O) groups is 1. The van der Waals surface area contributed by atoms with Gasteiger partial charge in [0.2, 0.25) is 0 Å². The summed E-state index contributed by atoms with van der Waals surface area (Å²) < 4.78 is 5.28. The zero-order chi connectivity index (χ0) is 14.6. The van der Waals surface area contributed by atoms with E-state index in [1.165, 1.54) is 0 Å². The molecule has 0 radical (unpaired) electrons. The molecule has 0 bridgehead atoms. The van der Waals surface area contributed by atoms with Gasteiger partial charge in [-0.05, 0) is 12.8 Å². The van der Waals surface area contributed by atoms with E-state index in [2.05, 4.69) is 5.32 Å². The van der Waals surface area contributed by atoms with E-state index in [1.807, 2.05) is 4.90 Å². The summed E-state index contributed by atoms with van der Waals surface area (Å²) in [5.74, 6) is 0. The molecule has 2 aliphatic heterocycles. The van der Waals surface area contributed by atoms with E-state index < -0.39 is 5.60 Å². The number of carbonyl (C=O) groups excluding carboxylic acids is 1. The average molecular weight is 285 g/mol. The molecule has 2 heterocycles. The summed E-state index contributed by atoms with van der Waals surface area (Å²) in [6, 6.07) is 0.486. The van der Waals surface area contributed by atoms with Crippen molar-refractivity contribution in [2.24, 2.45) is 0 Å². The predicted octanol–water partition coefficient (Wildman–Crippen LogP) is 0.264. The Kier molecular flexibility index (Phi) is 5.23. The highest BCUT2D eigenvalue weighted by molar-refractivity contribution is 5.73. The van der Waals surface area contributed by atoms with Gasteiger partial charge in [-0.3, -0.25) is 0 Å². The van der Waals surface area contributed by atoms with Crippen LogP contribution < -0.4 is 5.32 Å². The third kappa shape index (κ3) is 4.07. The number of rotatable bonds is 3. The van der Waals surface area contributed by atoms with Crippen molar-refractivity contribution < 1.29 is 14.6 Å². The van der Waals surface area contributed by atoms with E-state index in [9.17, 15) is 9.90 Å². The molecule has 2 N–H and O–H groups in total. The predicted molar refractivity (Wildman–Crippen MR) is 76.7 cm³/mol. The van der Waals surface area contributed by atoms with Gasteiger partial charge in [0.05, 0.1) is 5.60 Å². The maximum Gasteiger partial charge on any atom is 0.319 e. The van der Waals surface area contributed by atoms with Gasteiger partial charge in [-0.25, -0.2) is 4.79 Å². The molecule has 0 aromatic rings. The number of piperidine rings is 1. The van der Waals surface area contributed by atoms with Crippen LogP contribution in [0.5, 0.6) is 0 Å². The highest BCUT2D eigenvalue weighted by atomic mass is 16.5. The highest BCUT2D eigenvalue weighted by Crippen LogP contribution is 2.20. The van der Waals surface area contributed by atoms with E-state index in [0.29, 0.717) is 38.6 Å². The molecule has 6 heteroatoms. The molecule has 0 saturated carbocycles. The zero-order valence-corrected chi connectivity index (χ0v) is 12.6. The number of nitrogens with zero attached hydrogens (tertiary/aromatic N) is 2. The lowest BCUT2D eigenvalue weighted by molar-refractivity contribution is -0.0634. The molecular weight excluding hydrogens is 258 g/mol. The Morgan fingerprint density at radius 2 is 1.95 bits per heavy atom. The fraction of sp³-hybridized carbons (Fsp3) is 0.929. The molecule has 2 rings (SSSR count). The molecule has 20 heavy (non-hydrogen) atoms. The fourth-order valence-corrected chi connectivity index (χ4v) is 2.82. The molecule has 0 atom stereocenters. The summed E-state index contributed by atoms with van der Waals surface area (Å²) in [6.45, 7) is 3.50. The Bertz CT molecular complexity index is 322. The Labute approximate surface area is 121 Å². The van der Waals surface area contributed by atoms with Crippen LogP contribution in [0.25, 0.3) is 0 Å². The number of hydrogen-bond donors (Lipinski definition) is 2. The van der Waals surface area contributed by atoms with Crippen molar-refractivity contribution in [2.45, 2.75) is 37.3 Å². The fourth-order valence-electron chi connectivity index (χ4n) is 2.82. The van der Waals surface area contributed by atoms with Crippen molar-refractivity contribution >= 4 is 6.03 Å². The van der Waals surface area contributed by atoms with Gasteiger partial charge in [0.25, 0.3) is 0 Å². The number of likely N-dealkylation sites (tertiary alicyclic amines) is 1. The number of nitrogens with one attached hydrogen (secondary N) is 1. The SMILES string of the molecule is CN(C)C(=O)N1CCC(NCC2(O)CCOCC2)CC1. The second-order valence-corrected chi connectivity index (χ2v) is 6.16. The van der Waals surface area contributed by atoms with Gasteiger partial charge in [0, 0.05) is 65.8 Å². The van der Waals surface area contributed by atoms with Crippen LogP contribution in [0.15, 0.2) is 0 Å². The molecule has 0 spiro atoms. The minimum absolute atomic E-state index is 0.0894. The Balaban J connectivity index is 1.70. The molecular formula is C14H27N3O3. The minimum Gasteiger partial charge on any atom is -0.388 e. The second-order valence-electron chi connectivity index (χ2n) is 6.16. The normalized spacial score (nSPS) is 23.6. The molecule has 0 aliphatic carbocycles. The van der Waals surface area contributed by atoms with Crippen LogP contribution in [0.1, 0.15) is 25.7 Å². The van der Waals surface area contributed by atoms with Crippen LogP contribution >= 0.6 is 0 Å². The summed E-state index contributed by atoms with van der Waals surface area (Å²) in [6.07, 6.45) is 3.31. The summed E-state index contributed by atoms with van der Waals surface area (Å²) >= 11 is 0. The average Bonchev–Trinajstić information content (AvgIpc) is 2.46. The van der Waals surface area contributed by atoms with Crippen molar-refractivity contribution in [2.75, 3.05) is 46.9 Å². The first-order valence-corrected chi connectivity index (χ1v) is 7.50. The number of amides is 2. The smallest absolute Gasteiger partial charge is 0.319 e. The molecule has 2 amide bonds. The Morgan fingerprint density at radius 3 is 2.50 bits per heavy atom. The van der Waals surface area contributed by atoms with Gasteiger partial charge in [-0.15, -0.1) is 0 Å². The van der Waals surface area contributed by atoms with Crippen LogP contribution in [0.2, 0.25) is 0 Å². The van der Waals surface area contributed by atoms with Gasteiger partial charge < -0.3 is 25.0 Å². The Hall–Kier alpha value is -0.850. The van der Waals surface area contributed by atoms with E-state index in [1.54, 1.807) is 19.0 Å². The second kappa shape index (κ2) is 6.74. The summed E-state index contributed by atoms with van der Waals surface area (Å²) in [4.78, 5) is 15.4. The van der Waals surface area contributed by atoms with Gasteiger partial charge in [-0.2, -0.15) is 0 Å². The lowest BCUT2D eigenvalue weighted by Crippen LogP contribution is -2.52. The summed E-state index contributed by atoms with van der Waals surface area (Å²) in [7, 11) is 3.57. The molecule has 0 aromatic carbocycles. The van der Waals surface area contributed by atoms with Gasteiger partial charge in [0.1, 0.15) is 0 Å². The van der Waals surface area contributed by atoms with E-state index in [-0.39, 0.29) is 6.03 Å². The van der Waals surface area contributed by atoms with Gasteiger partial charge >= 0.3 is 6.03 Å². The van der Waals surface area contributed by atoms with Crippen molar-refractivity contribution in [3.63, 3.8) is 0 Å². The lowest BCUT2D eigenvalue weighted by Gasteiger charge is -2.37. The first-order chi connectivity index (χ1) is 9.50. The summed E-state index contributed by atoms with van der Waals surface area (Å²) in [5.41, 5.74) is -0.616. The largest absolute Gasteiger partial charge is 0.388 e. The molecule has 116 valence electrons. The van der Waals surface area contributed by atoms with Crippen LogP contribution in [-0.4, -0.2) is 79.5 Å². The van der Waals surface area contributed by atoms with E-state index >= 15 is 0 Å². The molecule has 2 fully saturated rings. The molecule has 2 aliphatic rings. The van der Waals surface area contributed by atoms with Crippen molar-refractivity contribution in [3.05, 3.63) is 0 Å². The van der Waals surface area contributed by atoms with Gasteiger partial charge in [0.15, 0.2) is 0 Å². The monoisotopic (exact) mass is 285 g/mol. The van der Waals surface area contributed by atoms with Crippen LogP contribution in [0.4, 0.5) is 4.79 Å². The number of urea groups is 1. The first-order valence-electron chi connectivity index (χ1n) is 7.50. The number of aliphatic hydroxyl groups is 1. The van der Waals surface area contributed by atoms with Crippen LogP contribution in [0, 0.1) is 0 Å². The zero-order valence-electron chi connectivity index (χ0n) is 12.6. The lowest BCUT2D eigenvalue weighted by atomic mass is 9.93. The topological polar surface area (TPSA) is 65.0 Å². The Morgan fingerprint density at radius 1 is 1.35 bits per heavy atom. The quantitative estimate of drug-likeness (QED) is 0.781. The third-order valence-electron chi connectivity index (χ3n) is 4.29. The van der Waals surface area contributed by atoms with E-state index in [4.69, 9.17) is 4.74 Å². The minimum atomic E-state index is -0.616. The van der Waals surface area contributed by atoms with Crippen molar-refractivity contribution in [1.29, 1.82) is 0 Å². The maximum atomic E-state index is 11.8. The van der Waals surface area contributed by atoms with Crippen molar-refractivity contribution in [3.8, 4) is 0 Å². The molecule has 0 unspecified atom stereocenters. The highest BCUT2D eigenvalue weighted by Gasteiger charge is 2.31. The molecule has 0 aromatic heterocycles. The van der Waals surface area contributed by atoms with Crippen LogP contribution in [0.3, 0.4) is 0 Å². The van der Waals surface area contributed by atoms with E-state index in [0.717, 1.165) is 25.9 Å². The maximum absolute atomic E-state index is 11.8. The standard InChI is InChI=1S/C14H27N3O3/c1-16(2)13(18)17-7-3-12(4-8-17)15-11-14(19)5-9-20-10-6-14/h12,15,19H,3-11H2,1-2H3. The van der Waals surface area contributed by atoms with Crippen molar-refractivity contribution in [1.82, 2.24) is 15.1 Å². The number of hydrogen-bond acceptors (Lipinski definition) is 4. The molecule has 6 nitrogen and oxygen atoms in total. The summed E-state index contributed by atoms with van der Waals surface area (Å²) in [5, 5.41) is 13.9. The third-order valence-corrected chi connectivity index (χ3v) is 4.29.